The van der Waals surface area contributed by atoms with Crippen LogP contribution >= 0.6 is 0 Å². The Labute approximate surface area is 252 Å². The lowest BCUT2D eigenvalue weighted by molar-refractivity contribution is -0.119. The summed E-state index contributed by atoms with van der Waals surface area (Å²) in [5.74, 6) is 1.89. The summed E-state index contributed by atoms with van der Waals surface area (Å²) in [4.78, 5) is 28.3. The molecule has 5 rings (SSSR count). The van der Waals surface area contributed by atoms with Gasteiger partial charge in [-0.1, -0.05) is 24.3 Å². The molecule has 0 bridgehead atoms. The van der Waals surface area contributed by atoms with Crippen LogP contribution in [0.4, 0.5) is 11.4 Å². The van der Waals surface area contributed by atoms with Gasteiger partial charge in [0.2, 0.25) is 11.8 Å². The number of aryl methyl sites for hydroxylation is 1. The first kappa shape index (κ1) is 30.2. The van der Waals surface area contributed by atoms with E-state index in [-0.39, 0.29) is 30.9 Å². The molecule has 2 amide bonds. The van der Waals surface area contributed by atoms with Crippen molar-refractivity contribution in [3.05, 3.63) is 77.9 Å². The fraction of sp³-hybridized carbons (Fsp3) is 0.394. The number of primary amides is 1. The Morgan fingerprint density at radius 1 is 1.02 bits per heavy atom. The lowest BCUT2D eigenvalue weighted by Crippen LogP contribution is -2.57. The van der Waals surface area contributed by atoms with E-state index in [4.69, 9.17) is 24.7 Å². The molecule has 0 aromatic heterocycles. The van der Waals surface area contributed by atoms with Gasteiger partial charge in [-0.2, -0.15) is 0 Å². The van der Waals surface area contributed by atoms with Gasteiger partial charge >= 0.3 is 0 Å². The molecular formula is C33H40N4O6. The Hall–Kier alpha value is -4.28. The van der Waals surface area contributed by atoms with E-state index in [1.165, 1.54) is 5.56 Å². The molecule has 3 aromatic rings. The minimum absolute atomic E-state index is 0.0150. The number of para-hydroxylation sites is 1. The van der Waals surface area contributed by atoms with Crippen molar-refractivity contribution in [2.75, 3.05) is 62.9 Å². The largest absolute Gasteiger partial charge is 0.496 e. The highest BCUT2D eigenvalue weighted by Crippen LogP contribution is 2.31. The van der Waals surface area contributed by atoms with Crippen molar-refractivity contribution in [1.82, 2.24) is 5.32 Å². The SMILES string of the molecule is COc1ccccc1COCCCOc1ccc(N2C(=O)CNC[C@@H]2COc2ccc3c(c2)N(CC(N)=O)CCC3)cc1. The van der Waals surface area contributed by atoms with E-state index >= 15 is 0 Å². The van der Waals surface area contributed by atoms with Crippen molar-refractivity contribution >= 4 is 23.2 Å². The van der Waals surface area contributed by atoms with E-state index in [1.54, 1.807) is 12.0 Å². The molecule has 2 heterocycles. The molecular weight excluding hydrogens is 548 g/mol. The quantitative estimate of drug-likeness (QED) is 0.276. The molecule has 228 valence electrons. The predicted molar refractivity (Wildman–Crippen MR) is 165 cm³/mol. The third kappa shape index (κ3) is 7.97. The summed E-state index contributed by atoms with van der Waals surface area (Å²) in [6.45, 7) is 3.74. The fourth-order valence-electron chi connectivity index (χ4n) is 5.54. The second-order valence-corrected chi connectivity index (χ2v) is 10.7. The maximum absolute atomic E-state index is 13.0. The summed E-state index contributed by atoms with van der Waals surface area (Å²) in [6.07, 6.45) is 2.68. The van der Waals surface area contributed by atoms with Crippen LogP contribution in [-0.2, 0) is 27.4 Å². The van der Waals surface area contributed by atoms with Gasteiger partial charge in [0, 0.05) is 42.5 Å². The monoisotopic (exact) mass is 588 g/mol. The first-order chi connectivity index (χ1) is 21.0. The van der Waals surface area contributed by atoms with Crippen molar-refractivity contribution in [3.8, 4) is 17.2 Å². The number of anilines is 2. The Morgan fingerprint density at radius 3 is 2.65 bits per heavy atom. The number of amides is 2. The van der Waals surface area contributed by atoms with E-state index in [2.05, 4.69) is 5.32 Å². The highest BCUT2D eigenvalue weighted by molar-refractivity contribution is 5.96. The Morgan fingerprint density at radius 2 is 1.84 bits per heavy atom. The van der Waals surface area contributed by atoms with Crippen LogP contribution in [0.5, 0.6) is 17.2 Å². The molecule has 3 aromatic carbocycles. The summed E-state index contributed by atoms with van der Waals surface area (Å²) >= 11 is 0. The molecule has 0 unspecified atom stereocenters. The third-order valence-electron chi connectivity index (χ3n) is 7.62. The molecule has 10 heteroatoms. The molecule has 1 fully saturated rings. The summed E-state index contributed by atoms with van der Waals surface area (Å²) in [5.41, 5.74) is 9.44. The average Bonchev–Trinajstić information content (AvgIpc) is 3.02. The van der Waals surface area contributed by atoms with Crippen LogP contribution < -0.4 is 35.1 Å². The highest BCUT2D eigenvalue weighted by Gasteiger charge is 2.30. The van der Waals surface area contributed by atoms with Crippen LogP contribution in [0, 0.1) is 0 Å². The summed E-state index contributed by atoms with van der Waals surface area (Å²) in [5, 5.41) is 3.20. The fourth-order valence-corrected chi connectivity index (χ4v) is 5.54. The van der Waals surface area contributed by atoms with E-state index < -0.39 is 0 Å². The van der Waals surface area contributed by atoms with Crippen molar-refractivity contribution in [2.45, 2.75) is 31.9 Å². The third-order valence-corrected chi connectivity index (χ3v) is 7.62. The number of nitrogens with two attached hydrogens (primary N) is 1. The molecule has 43 heavy (non-hydrogen) atoms. The molecule has 2 aliphatic rings. The van der Waals surface area contributed by atoms with Gasteiger partial charge in [-0.15, -0.1) is 0 Å². The number of fused-ring (bicyclic) bond motifs is 1. The first-order valence-corrected chi connectivity index (χ1v) is 14.8. The average molecular weight is 589 g/mol. The lowest BCUT2D eigenvalue weighted by atomic mass is 10.0. The second kappa shape index (κ2) is 14.8. The number of ether oxygens (including phenoxy) is 4. The van der Waals surface area contributed by atoms with Crippen LogP contribution in [0.2, 0.25) is 0 Å². The van der Waals surface area contributed by atoms with Crippen molar-refractivity contribution in [3.63, 3.8) is 0 Å². The van der Waals surface area contributed by atoms with Gasteiger partial charge in [0.05, 0.1) is 46.1 Å². The first-order valence-electron chi connectivity index (χ1n) is 14.8. The zero-order valence-electron chi connectivity index (χ0n) is 24.6. The van der Waals surface area contributed by atoms with Gasteiger partial charge in [-0.05, 0) is 54.8 Å². The number of hydrogen-bond donors (Lipinski definition) is 2. The van der Waals surface area contributed by atoms with Gasteiger partial charge in [0.1, 0.15) is 23.9 Å². The molecule has 0 radical (unpaired) electrons. The number of carbonyl (C=O) groups excluding carboxylic acids is 2. The number of nitrogens with one attached hydrogen (secondary N) is 1. The zero-order chi connectivity index (χ0) is 30.0. The lowest BCUT2D eigenvalue weighted by Gasteiger charge is -2.36. The van der Waals surface area contributed by atoms with Gasteiger partial charge in [-0.25, -0.2) is 0 Å². The van der Waals surface area contributed by atoms with Crippen molar-refractivity contribution in [1.29, 1.82) is 0 Å². The van der Waals surface area contributed by atoms with E-state index in [9.17, 15) is 9.59 Å². The minimum atomic E-state index is -0.354. The maximum Gasteiger partial charge on any atom is 0.241 e. The standard InChI is InChI=1S/C33H40N4O6/c1-40-31-8-3-2-6-25(31)22-41-16-5-17-42-28-13-10-26(11-14-28)37-27(19-35-20-33(37)39)23-43-29-12-9-24-7-4-15-36(21-32(34)38)30(24)18-29/h2-3,6,8-14,18,27,35H,4-5,7,15-17,19-23H2,1H3,(H2,34,38)/t27-/m1/s1. The smallest absolute Gasteiger partial charge is 0.241 e. The normalized spacial score (nSPS) is 16.5. The topological polar surface area (TPSA) is 116 Å². The van der Waals surface area contributed by atoms with Gasteiger partial charge in [0.25, 0.3) is 0 Å². The van der Waals surface area contributed by atoms with E-state index in [0.717, 1.165) is 54.2 Å². The number of benzene rings is 3. The number of carbonyl (C=O) groups is 2. The molecule has 0 spiro atoms. The molecule has 2 aliphatic heterocycles. The van der Waals surface area contributed by atoms with Crippen LogP contribution in [0.25, 0.3) is 0 Å². The highest BCUT2D eigenvalue weighted by atomic mass is 16.5. The van der Waals surface area contributed by atoms with Crippen LogP contribution in [0.3, 0.4) is 0 Å². The predicted octanol–water partition coefficient (Wildman–Crippen LogP) is 3.30. The zero-order valence-corrected chi connectivity index (χ0v) is 24.6. The van der Waals surface area contributed by atoms with Gasteiger partial charge < -0.3 is 39.8 Å². The molecule has 10 nitrogen and oxygen atoms in total. The Kier molecular flexibility index (Phi) is 10.4. The van der Waals surface area contributed by atoms with Gasteiger partial charge in [-0.3, -0.25) is 9.59 Å². The Balaban J connectivity index is 1.12. The Bertz CT molecular complexity index is 1380. The molecule has 0 saturated carbocycles. The number of piperazine rings is 1. The number of methoxy groups -OCH3 is 1. The number of nitrogens with zero attached hydrogens (tertiary/aromatic N) is 2. The minimum Gasteiger partial charge on any atom is -0.496 e. The van der Waals surface area contributed by atoms with Crippen molar-refractivity contribution < 1.29 is 28.5 Å². The second-order valence-electron chi connectivity index (χ2n) is 10.7. The van der Waals surface area contributed by atoms with Crippen LogP contribution in [0.1, 0.15) is 24.0 Å². The number of hydrogen-bond acceptors (Lipinski definition) is 8. The van der Waals surface area contributed by atoms with E-state index in [1.807, 2.05) is 71.6 Å². The molecule has 0 aliphatic carbocycles. The maximum atomic E-state index is 13.0. The van der Waals surface area contributed by atoms with E-state index in [0.29, 0.717) is 38.7 Å². The van der Waals surface area contributed by atoms with Crippen LogP contribution in [-0.4, -0.2) is 71.0 Å². The molecule has 3 N–H and O–H groups in total. The van der Waals surface area contributed by atoms with Crippen molar-refractivity contribution in [2.24, 2.45) is 5.73 Å². The summed E-state index contributed by atoms with van der Waals surface area (Å²) in [6, 6.07) is 21.2. The number of rotatable bonds is 14. The van der Waals surface area contributed by atoms with Gasteiger partial charge in [0.15, 0.2) is 0 Å². The molecule has 1 atom stereocenters. The summed E-state index contributed by atoms with van der Waals surface area (Å²) < 4.78 is 23.2. The van der Waals surface area contributed by atoms with Crippen LogP contribution in [0.15, 0.2) is 66.7 Å². The summed E-state index contributed by atoms with van der Waals surface area (Å²) in [7, 11) is 1.66. The molecule has 1 saturated heterocycles.